The van der Waals surface area contributed by atoms with Crippen LogP contribution < -0.4 is 10.1 Å². The topological polar surface area (TPSA) is 145 Å². The van der Waals surface area contributed by atoms with Gasteiger partial charge in [0.2, 0.25) is 0 Å². The number of hydroxylamine groups is 1. The molecule has 6 rings (SSSR count). The minimum atomic E-state index is -4.25. The van der Waals surface area contributed by atoms with Crippen molar-refractivity contribution in [3.8, 4) is 5.75 Å². The van der Waals surface area contributed by atoms with Crippen molar-refractivity contribution in [2.24, 2.45) is 5.92 Å². The van der Waals surface area contributed by atoms with Gasteiger partial charge in [0.15, 0.2) is 6.29 Å². The van der Waals surface area contributed by atoms with Crippen molar-refractivity contribution >= 4 is 16.1 Å². The summed E-state index contributed by atoms with van der Waals surface area (Å²) >= 11 is 0. The zero-order valence-electron chi connectivity index (χ0n) is 27.2. The Hall–Kier alpha value is -2.82. The molecule has 48 heavy (non-hydrogen) atoms. The van der Waals surface area contributed by atoms with Crippen LogP contribution in [0.5, 0.6) is 5.75 Å². The van der Waals surface area contributed by atoms with Gasteiger partial charge in [-0.05, 0) is 43.4 Å². The number of aliphatic hydroxyl groups is 1. The third kappa shape index (κ3) is 9.24. The number of sulfonamides is 1. The Morgan fingerprint density at radius 3 is 2.60 bits per heavy atom. The van der Waals surface area contributed by atoms with Crippen molar-refractivity contribution in [3.63, 3.8) is 0 Å². The molecule has 1 aliphatic carbocycles. The number of carbonyl (C=O) groups is 1. The second-order valence-corrected chi connectivity index (χ2v) is 14.6. The van der Waals surface area contributed by atoms with Crippen LogP contribution in [0.3, 0.4) is 0 Å². The normalized spacial score (nSPS) is 24.8. The number of hydrogen-bond acceptors (Lipinski definition) is 11. The lowest BCUT2D eigenvalue weighted by atomic mass is 10.0. The number of nitrogens with zero attached hydrogens (tertiary/aromatic N) is 2. The van der Waals surface area contributed by atoms with E-state index in [9.17, 15) is 18.3 Å². The molecular weight excluding hydrogens is 642 g/mol. The van der Waals surface area contributed by atoms with E-state index in [0.717, 1.165) is 42.4 Å². The molecule has 2 N–H and O–H groups in total. The van der Waals surface area contributed by atoms with Gasteiger partial charge in [0, 0.05) is 25.7 Å². The molecule has 0 spiro atoms. The third-order valence-corrected chi connectivity index (χ3v) is 11.0. The molecular formula is C34H47N3O10S. The number of benzene rings is 2. The molecule has 5 atom stereocenters. The maximum absolute atomic E-state index is 14.1. The lowest BCUT2D eigenvalue weighted by molar-refractivity contribution is -0.145. The highest BCUT2D eigenvalue weighted by Crippen LogP contribution is 2.33. The highest BCUT2D eigenvalue weighted by molar-refractivity contribution is 7.89. The van der Waals surface area contributed by atoms with Gasteiger partial charge in [-0.3, -0.25) is 9.74 Å². The average molecular weight is 690 g/mol. The first-order valence-corrected chi connectivity index (χ1v) is 18.4. The average Bonchev–Trinajstić information content (AvgIpc) is 3.86. The first-order valence-electron chi connectivity index (χ1n) is 17.0. The molecule has 3 aliphatic heterocycles. The summed E-state index contributed by atoms with van der Waals surface area (Å²) in [6, 6.07) is 14.8. The van der Waals surface area contributed by atoms with E-state index >= 15 is 0 Å². The number of aliphatic hydroxyl groups excluding tert-OH is 1. The summed E-state index contributed by atoms with van der Waals surface area (Å²) in [7, 11) is -4.25. The molecule has 1 saturated carbocycles. The number of hydrogen-bond donors (Lipinski definition) is 2. The van der Waals surface area contributed by atoms with E-state index in [-0.39, 0.29) is 36.2 Å². The minimum absolute atomic E-state index is 0.0156. The van der Waals surface area contributed by atoms with Crippen LogP contribution in [0.4, 0.5) is 4.79 Å². The van der Waals surface area contributed by atoms with Gasteiger partial charge < -0.3 is 34.1 Å². The summed E-state index contributed by atoms with van der Waals surface area (Å²) in [5, 5.41) is 14.4. The van der Waals surface area contributed by atoms with Gasteiger partial charge in [-0.2, -0.15) is 0 Å². The molecule has 264 valence electrons. The summed E-state index contributed by atoms with van der Waals surface area (Å²) in [6.45, 7) is 4.49. The van der Waals surface area contributed by atoms with Gasteiger partial charge in [-0.15, -0.1) is 0 Å². The molecule has 0 radical (unpaired) electrons. The summed E-state index contributed by atoms with van der Waals surface area (Å²) in [4.78, 5) is 21.5. The van der Waals surface area contributed by atoms with Crippen molar-refractivity contribution in [2.45, 2.75) is 74.1 Å². The number of nitrogens with one attached hydrogen (secondary N) is 1. The number of alkyl carbamates (subject to hydrolysis) is 1. The number of morpholine rings is 1. The van der Waals surface area contributed by atoms with Crippen LogP contribution in [0.25, 0.3) is 0 Å². The molecule has 1 amide bonds. The summed E-state index contributed by atoms with van der Waals surface area (Å²) < 4.78 is 57.4. The van der Waals surface area contributed by atoms with Crippen LogP contribution in [0, 0.1) is 5.92 Å². The van der Waals surface area contributed by atoms with Crippen molar-refractivity contribution in [1.82, 2.24) is 14.7 Å². The van der Waals surface area contributed by atoms with E-state index < -0.39 is 40.9 Å². The SMILES string of the molecule is O=C(NC(Cc1ccccc1)[C@H](O)CN(OC1CCCC1)S(=O)(=O)c1cccc(OCCN2CCOCC2)c1)O[C@H]1CO[C@H]2OCC[C@H]21. The summed E-state index contributed by atoms with van der Waals surface area (Å²) in [6.07, 6.45) is 1.00. The van der Waals surface area contributed by atoms with E-state index in [1.165, 1.54) is 12.1 Å². The lowest BCUT2D eigenvalue weighted by Crippen LogP contribution is -2.51. The zero-order chi connectivity index (χ0) is 33.3. The molecule has 2 aromatic carbocycles. The van der Waals surface area contributed by atoms with Gasteiger partial charge in [-0.1, -0.05) is 53.7 Å². The predicted octanol–water partition coefficient (Wildman–Crippen LogP) is 2.72. The van der Waals surface area contributed by atoms with Crippen molar-refractivity contribution in [2.75, 3.05) is 59.2 Å². The maximum Gasteiger partial charge on any atom is 0.407 e. The first-order chi connectivity index (χ1) is 23.3. The maximum atomic E-state index is 14.1. The van der Waals surface area contributed by atoms with Gasteiger partial charge in [0.1, 0.15) is 18.5 Å². The molecule has 2 aromatic rings. The van der Waals surface area contributed by atoms with Crippen molar-refractivity contribution in [3.05, 3.63) is 60.2 Å². The fourth-order valence-electron chi connectivity index (χ4n) is 6.62. The van der Waals surface area contributed by atoms with E-state index in [0.29, 0.717) is 51.6 Å². The van der Waals surface area contributed by atoms with Crippen LogP contribution >= 0.6 is 0 Å². The third-order valence-electron chi connectivity index (χ3n) is 9.37. The van der Waals surface area contributed by atoms with Gasteiger partial charge in [-0.25, -0.2) is 13.2 Å². The smallest absolute Gasteiger partial charge is 0.407 e. The monoisotopic (exact) mass is 689 g/mol. The van der Waals surface area contributed by atoms with Crippen LogP contribution in [0.15, 0.2) is 59.5 Å². The molecule has 14 heteroatoms. The fourth-order valence-corrected chi connectivity index (χ4v) is 7.95. The number of ether oxygens (including phenoxy) is 5. The first kappa shape index (κ1) is 35.0. The molecule has 4 fully saturated rings. The van der Waals surface area contributed by atoms with Crippen LogP contribution in [-0.2, 0) is 40.2 Å². The molecule has 13 nitrogen and oxygen atoms in total. The van der Waals surface area contributed by atoms with Crippen LogP contribution in [0.2, 0.25) is 0 Å². The lowest BCUT2D eigenvalue weighted by Gasteiger charge is -2.31. The summed E-state index contributed by atoms with van der Waals surface area (Å²) in [5.41, 5.74) is 0.850. The molecule has 1 unspecified atom stereocenters. The highest BCUT2D eigenvalue weighted by atomic mass is 32.2. The van der Waals surface area contributed by atoms with E-state index in [1.807, 2.05) is 30.3 Å². The van der Waals surface area contributed by atoms with E-state index in [1.54, 1.807) is 12.1 Å². The predicted molar refractivity (Wildman–Crippen MR) is 174 cm³/mol. The molecule has 0 bridgehead atoms. The van der Waals surface area contributed by atoms with Gasteiger partial charge in [0.05, 0.1) is 62.0 Å². The highest BCUT2D eigenvalue weighted by Gasteiger charge is 2.44. The fraction of sp³-hybridized carbons (Fsp3) is 0.618. The second-order valence-electron chi connectivity index (χ2n) is 12.8. The number of carbonyl (C=O) groups excluding carboxylic acids is 1. The van der Waals surface area contributed by atoms with E-state index in [2.05, 4.69) is 10.2 Å². The number of fused-ring (bicyclic) bond motifs is 1. The van der Waals surface area contributed by atoms with Crippen molar-refractivity contribution in [1.29, 1.82) is 0 Å². The Morgan fingerprint density at radius 2 is 1.81 bits per heavy atom. The van der Waals surface area contributed by atoms with Crippen LogP contribution in [0.1, 0.15) is 37.7 Å². The Morgan fingerprint density at radius 1 is 1.02 bits per heavy atom. The minimum Gasteiger partial charge on any atom is -0.492 e. The zero-order valence-corrected chi connectivity index (χ0v) is 28.0. The Labute approximate surface area is 282 Å². The van der Waals surface area contributed by atoms with E-state index in [4.69, 9.17) is 28.5 Å². The largest absolute Gasteiger partial charge is 0.492 e. The molecule has 0 aromatic heterocycles. The van der Waals surface area contributed by atoms with Crippen LogP contribution in [-0.4, -0.2) is 119 Å². The quantitative estimate of drug-likeness (QED) is 0.266. The molecule has 3 saturated heterocycles. The Kier molecular flexibility index (Phi) is 12.2. The summed E-state index contributed by atoms with van der Waals surface area (Å²) in [5.74, 6) is 0.371. The standard InChI is InChI=1S/C34H47N3O10S/c38-31(30(21-25-7-2-1-3-8-25)35-34(39)46-32-24-45-33-29(32)13-17-44-33)23-37(47-26-9-4-5-10-26)48(40,41)28-12-6-11-27(22-28)43-20-16-36-14-18-42-19-15-36/h1-3,6-8,11-12,22,26,29-33,38H,4-5,9-10,13-21,23-24H2,(H,35,39)/t29-,30?,31+,32-,33+/m0/s1. The Bertz CT molecular complexity index is 1420. The van der Waals surface area contributed by atoms with Gasteiger partial charge >= 0.3 is 6.09 Å². The number of rotatable bonds is 15. The molecule has 3 heterocycles. The molecule has 4 aliphatic rings. The second kappa shape index (κ2) is 16.7. The number of amides is 1. The Balaban J connectivity index is 1.16. The van der Waals surface area contributed by atoms with Gasteiger partial charge in [0.25, 0.3) is 10.0 Å². The van der Waals surface area contributed by atoms with Crippen molar-refractivity contribution < 1.29 is 46.8 Å².